The second-order valence-corrected chi connectivity index (χ2v) is 4.11. The first-order valence-electron chi connectivity index (χ1n) is 5.34. The Morgan fingerprint density at radius 1 is 1.59 bits per heavy atom. The van der Waals surface area contributed by atoms with E-state index >= 15 is 0 Å². The summed E-state index contributed by atoms with van der Waals surface area (Å²) < 4.78 is 0. The van der Waals surface area contributed by atoms with Crippen LogP contribution in [0.3, 0.4) is 0 Å². The minimum absolute atomic E-state index is 0.0441. The van der Waals surface area contributed by atoms with Crippen LogP contribution in [-0.4, -0.2) is 59.1 Å². The van der Waals surface area contributed by atoms with Crippen molar-refractivity contribution in [3.8, 4) is 0 Å². The molecule has 1 heterocycles. The largest absolute Gasteiger partial charge is 0.479 e. The topological polar surface area (TPSA) is 107 Å². The first kappa shape index (κ1) is 13.4. The molecule has 0 aromatic rings. The summed E-state index contributed by atoms with van der Waals surface area (Å²) in [5, 5.41) is 19.9. The number of nitrogens with zero attached hydrogens (tertiary/aromatic N) is 1. The molecule has 2 atom stereocenters. The van der Waals surface area contributed by atoms with Crippen LogP contribution in [0.1, 0.15) is 12.8 Å². The number of carboxylic acids is 1. The van der Waals surface area contributed by atoms with E-state index in [9.17, 15) is 14.4 Å². The molecule has 17 heavy (non-hydrogen) atoms. The molecular weight excluding hydrogens is 228 g/mol. The van der Waals surface area contributed by atoms with Gasteiger partial charge in [0.05, 0.1) is 5.92 Å². The van der Waals surface area contributed by atoms with Crippen LogP contribution in [-0.2, 0) is 14.4 Å². The highest BCUT2D eigenvalue weighted by molar-refractivity contribution is 5.89. The number of nitrogens with one attached hydrogen (secondary N) is 1. The molecule has 0 aliphatic carbocycles. The summed E-state index contributed by atoms with van der Waals surface area (Å²) in [6.07, 6.45) is -1.33. The molecule has 1 saturated heterocycles. The summed E-state index contributed by atoms with van der Waals surface area (Å²) >= 11 is 0. The smallest absolute Gasteiger partial charge is 0.332 e. The summed E-state index contributed by atoms with van der Waals surface area (Å²) in [7, 11) is 1.63. The van der Waals surface area contributed by atoms with E-state index in [-0.39, 0.29) is 37.1 Å². The molecule has 1 rings (SSSR count). The van der Waals surface area contributed by atoms with E-state index in [1.807, 2.05) is 0 Å². The molecule has 2 unspecified atom stereocenters. The third-order valence-corrected chi connectivity index (χ3v) is 2.71. The Morgan fingerprint density at radius 2 is 2.24 bits per heavy atom. The minimum Gasteiger partial charge on any atom is -0.479 e. The number of aliphatic hydroxyl groups excluding tert-OH is 1. The Hall–Kier alpha value is -1.63. The lowest BCUT2D eigenvalue weighted by molar-refractivity contribution is -0.147. The van der Waals surface area contributed by atoms with Crippen LogP contribution in [0.4, 0.5) is 0 Å². The molecule has 1 aliphatic rings. The van der Waals surface area contributed by atoms with Crippen molar-refractivity contribution in [2.45, 2.75) is 18.9 Å². The number of aliphatic hydroxyl groups is 1. The first-order chi connectivity index (χ1) is 7.91. The highest BCUT2D eigenvalue weighted by Gasteiger charge is 2.31. The van der Waals surface area contributed by atoms with Gasteiger partial charge < -0.3 is 20.4 Å². The molecule has 2 amide bonds. The monoisotopic (exact) mass is 244 g/mol. The Labute approximate surface area is 98.4 Å². The zero-order chi connectivity index (χ0) is 13.0. The van der Waals surface area contributed by atoms with E-state index in [0.717, 1.165) is 0 Å². The molecule has 7 nitrogen and oxygen atoms in total. The highest BCUT2D eigenvalue weighted by atomic mass is 16.4. The van der Waals surface area contributed by atoms with Crippen LogP contribution in [0.25, 0.3) is 0 Å². The number of aliphatic carboxylic acids is 1. The van der Waals surface area contributed by atoms with E-state index in [4.69, 9.17) is 10.2 Å². The van der Waals surface area contributed by atoms with Gasteiger partial charge in [0, 0.05) is 33.0 Å². The van der Waals surface area contributed by atoms with Crippen LogP contribution in [0.15, 0.2) is 0 Å². The lowest BCUT2D eigenvalue weighted by Crippen LogP contribution is -2.35. The molecule has 1 aliphatic heterocycles. The minimum atomic E-state index is -1.47. The first-order valence-corrected chi connectivity index (χ1v) is 5.34. The Kier molecular flexibility index (Phi) is 4.45. The van der Waals surface area contributed by atoms with E-state index in [1.54, 1.807) is 7.05 Å². The lowest BCUT2D eigenvalue weighted by atomic mass is 10.1. The average Bonchev–Trinajstić information content (AvgIpc) is 2.59. The van der Waals surface area contributed by atoms with Crippen molar-refractivity contribution in [1.82, 2.24) is 10.2 Å². The predicted octanol–water partition coefficient (Wildman–Crippen LogP) is -1.58. The molecule has 0 aromatic heterocycles. The van der Waals surface area contributed by atoms with Gasteiger partial charge in [-0.3, -0.25) is 9.59 Å². The Morgan fingerprint density at radius 3 is 2.71 bits per heavy atom. The van der Waals surface area contributed by atoms with E-state index in [2.05, 4.69) is 5.32 Å². The standard InChI is InChI=1S/C10H16N2O5/c1-12-5-6(4-8(12)14)9(15)11-3-2-7(13)10(16)17/h6-7,13H,2-5H2,1H3,(H,11,15)(H,16,17). The average molecular weight is 244 g/mol. The summed E-state index contributed by atoms with van der Waals surface area (Å²) in [5.74, 6) is -2.04. The van der Waals surface area contributed by atoms with Crippen molar-refractivity contribution in [2.75, 3.05) is 20.1 Å². The summed E-state index contributed by atoms with van der Waals surface area (Å²) in [6.45, 7) is 0.465. The summed E-state index contributed by atoms with van der Waals surface area (Å²) in [6, 6.07) is 0. The second-order valence-electron chi connectivity index (χ2n) is 4.11. The molecule has 0 spiro atoms. The molecule has 3 N–H and O–H groups in total. The van der Waals surface area contributed by atoms with Gasteiger partial charge >= 0.3 is 5.97 Å². The number of carbonyl (C=O) groups is 3. The molecule has 0 aromatic carbocycles. The van der Waals surface area contributed by atoms with Gasteiger partial charge in [-0.05, 0) is 0 Å². The maximum absolute atomic E-state index is 11.6. The van der Waals surface area contributed by atoms with Crippen molar-refractivity contribution < 1.29 is 24.6 Å². The van der Waals surface area contributed by atoms with Gasteiger partial charge in [0.15, 0.2) is 6.10 Å². The van der Waals surface area contributed by atoms with Crippen LogP contribution in [0, 0.1) is 5.92 Å². The van der Waals surface area contributed by atoms with Gasteiger partial charge in [0.2, 0.25) is 11.8 Å². The van der Waals surface area contributed by atoms with Crippen LogP contribution in [0.5, 0.6) is 0 Å². The highest BCUT2D eigenvalue weighted by Crippen LogP contribution is 2.15. The molecule has 0 saturated carbocycles. The molecule has 0 radical (unpaired) electrons. The van der Waals surface area contributed by atoms with Gasteiger partial charge in [0.1, 0.15) is 0 Å². The number of likely N-dealkylation sites (tertiary alicyclic amines) is 1. The van der Waals surface area contributed by atoms with E-state index in [1.165, 1.54) is 4.90 Å². The quantitative estimate of drug-likeness (QED) is 0.541. The number of carboxylic acid groups (broad SMARTS) is 1. The molecule has 7 heteroatoms. The van der Waals surface area contributed by atoms with Crippen LogP contribution < -0.4 is 5.32 Å². The second kappa shape index (κ2) is 5.62. The maximum Gasteiger partial charge on any atom is 0.332 e. The number of amides is 2. The van der Waals surface area contributed by atoms with E-state index in [0.29, 0.717) is 6.54 Å². The molecule has 1 fully saturated rings. The van der Waals surface area contributed by atoms with Crippen molar-refractivity contribution >= 4 is 17.8 Å². The number of hydrogen-bond donors (Lipinski definition) is 3. The molecule has 96 valence electrons. The fraction of sp³-hybridized carbons (Fsp3) is 0.700. The van der Waals surface area contributed by atoms with Crippen molar-refractivity contribution in [1.29, 1.82) is 0 Å². The number of carbonyl (C=O) groups excluding carboxylic acids is 2. The van der Waals surface area contributed by atoms with Crippen molar-refractivity contribution in [3.63, 3.8) is 0 Å². The van der Waals surface area contributed by atoms with Crippen LogP contribution >= 0.6 is 0 Å². The van der Waals surface area contributed by atoms with E-state index < -0.39 is 12.1 Å². The fourth-order valence-corrected chi connectivity index (χ4v) is 1.64. The lowest BCUT2D eigenvalue weighted by Gasteiger charge is -2.11. The van der Waals surface area contributed by atoms with Gasteiger partial charge in [-0.15, -0.1) is 0 Å². The summed E-state index contributed by atoms with van der Waals surface area (Å²) in [4.78, 5) is 34.5. The number of rotatable bonds is 5. The Balaban J connectivity index is 2.27. The van der Waals surface area contributed by atoms with Gasteiger partial charge in [-0.1, -0.05) is 0 Å². The van der Waals surface area contributed by atoms with Crippen LogP contribution in [0.2, 0.25) is 0 Å². The zero-order valence-corrected chi connectivity index (χ0v) is 9.55. The normalized spacial score (nSPS) is 21.4. The van der Waals surface area contributed by atoms with Gasteiger partial charge in [-0.2, -0.15) is 0 Å². The summed E-state index contributed by atoms with van der Waals surface area (Å²) in [5.41, 5.74) is 0. The van der Waals surface area contributed by atoms with Gasteiger partial charge in [-0.25, -0.2) is 4.79 Å². The SMILES string of the molecule is CN1CC(C(=O)NCCC(O)C(=O)O)CC1=O. The van der Waals surface area contributed by atoms with Gasteiger partial charge in [0.25, 0.3) is 0 Å². The maximum atomic E-state index is 11.6. The predicted molar refractivity (Wildman–Crippen MR) is 57.0 cm³/mol. The van der Waals surface area contributed by atoms with Crippen molar-refractivity contribution in [3.05, 3.63) is 0 Å². The zero-order valence-electron chi connectivity index (χ0n) is 9.55. The Bertz CT molecular complexity index is 331. The third kappa shape index (κ3) is 3.70. The third-order valence-electron chi connectivity index (χ3n) is 2.71. The number of hydrogen-bond acceptors (Lipinski definition) is 4. The molecule has 0 bridgehead atoms. The van der Waals surface area contributed by atoms with Crippen molar-refractivity contribution in [2.24, 2.45) is 5.92 Å². The fourth-order valence-electron chi connectivity index (χ4n) is 1.64. The molecular formula is C10H16N2O5.